The molecule has 0 amide bonds. The number of anilines is 2. The topological polar surface area (TPSA) is 16.1 Å². The molecule has 0 spiro atoms. The van der Waals surface area contributed by atoms with Crippen LogP contribution >= 0.6 is 0 Å². The van der Waals surface area contributed by atoms with Gasteiger partial charge in [-0.3, -0.25) is 0 Å². The lowest BCUT2D eigenvalue weighted by Crippen LogP contribution is -2.21. The van der Waals surface area contributed by atoms with Gasteiger partial charge in [0.25, 0.3) is 0 Å². The molecular formula is C15H14N2. The van der Waals surface area contributed by atoms with Crippen LogP contribution < -0.4 is 4.90 Å². The number of rotatable bonds is 1. The van der Waals surface area contributed by atoms with Crippen molar-refractivity contribution >= 4 is 17.6 Å². The molecule has 1 aliphatic heterocycles. The highest BCUT2D eigenvalue weighted by Crippen LogP contribution is 2.30. The minimum atomic E-state index is 0.882. The van der Waals surface area contributed by atoms with Gasteiger partial charge in [0.15, 0.2) is 0 Å². The van der Waals surface area contributed by atoms with Gasteiger partial charge in [0.1, 0.15) is 5.82 Å². The van der Waals surface area contributed by atoms with E-state index in [-0.39, 0.29) is 0 Å². The van der Waals surface area contributed by atoms with E-state index < -0.39 is 0 Å². The molecule has 0 saturated carbocycles. The zero-order chi connectivity index (χ0) is 11.7. The monoisotopic (exact) mass is 222 g/mol. The van der Waals surface area contributed by atoms with Crippen LogP contribution in [0.1, 0.15) is 11.1 Å². The van der Waals surface area contributed by atoms with Crippen molar-refractivity contribution in [2.75, 3.05) is 11.4 Å². The molecule has 17 heavy (non-hydrogen) atoms. The summed E-state index contributed by atoms with van der Waals surface area (Å²) in [5.41, 5.74) is 3.67. The normalized spacial score (nSPS) is 13.6. The van der Waals surface area contributed by atoms with Crippen molar-refractivity contribution in [1.29, 1.82) is 0 Å². The number of para-hydroxylation sites is 1. The van der Waals surface area contributed by atoms with Gasteiger partial charge in [0.05, 0.1) is 0 Å². The minimum absolute atomic E-state index is 0.882. The molecule has 0 aliphatic carbocycles. The molecule has 0 bridgehead atoms. The van der Waals surface area contributed by atoms with Crippen molar-refractivity contribution < 1.29 is 0 Å². The van der Waals surface area contributed by atoms with Gasteiger partial charge in [-0.2, -0.15) is 0 Å². The maximum absolute atomic E-state index is 4.49. The fourth-order valence-corrected chi connectivity index (χ4v) is 2.09. The highest BCUT2D eigenvalue weighted by molar-refractivity contribution is 5.76. The van der Waals surface area contributed by atoms with E-state index in [9.17, 15) is 0 Å². The molecule has 0 radical (unpaired) electrons. The fourth-order valence-electron chi connectivity index (χ4n) is 2.09. The first-order chi connectivity index (χ1) is 8.34. The summed E-state index contributed by atoms with van der Waals surface area (Å²) in [7, 11) is 0. The minimum Gasteiger partial charge on any atom is -0.322 e. The number of pyridine rings is 1. The van der Waals surface area contributed by atoms with Crippen molar-refractivity contribution in [2.24, 2.45) is 0 Å². The maximum Gasteiger partial charge on any atom is 0.133 e. The molecule has 2 heteroatoms. The Bertz CT molecular complexity index is 555. The van der Waals surface area contributed by atoms with Crippen LogP contribution in [0.25, 0.3) is 6.08 Å². The Kier molecular flexibility index (Phi) is 2.41. The van der Waals surface area contributed by atoms with Gasteiger partial charge in [-0.25, -0.2) is 4.98 Å². The van der Waals surface area contributed by atoms with E-state index in [2.05, 4.69) is 65.4 Å². The molecule has 1 aromatic carbocycles. The Morgan fingerprint density at radius 1 is 1.12 bits per heavy atom. The summed E-state index contributed by atoms with van der Waals surface area (Å²) in [6.45, 7) is 2.94. The number of aryl methyl sites for hydroxylation is 1. The third-order valence-corrected chi connectivity index (χ3v) is 2.99. The van der Waals surface area contributed by atoms with Crippen molar-refractivity contribution in [2.45, 2.75) is 6.92 Å². The van der Waals surface area contributed by atoms with Crippen LogP contribution in [0, 0.1) is 6.92 Å². The summed E-state index contributed by atoms with van der Waals surface area (Å²) in [4.78, 5) is 6.72. The molecule has 0 unspecified atom stereocenters. The first-order valence-electron chi connectivity index (χ1n) is 5.80. The van der Waals surface area contributed by atoms with Gasteiger partial charge in [-0.1, -0.05) is 36.4 Å². The highest BCUT2D eigenvalue weighted by atomic mass is 15.2. The molecule has 1 aromatic heterocycles. The number of hydrogen-bond donors (Lipinski definition) is 0. The second-order valence-electron chi connectivity index (χ2n) is 4.27. The molecule has 2 nitrogen and oxygen atoms in total. The average molecular weight is 222 g/mol. The summed E-state index contributed by atoms with van der Waals surface area (Å²) in [6.07, 6.45) is 6.25. The van der Waals surface area contributed by atoms with Gasteiger partial charge in [-0.15, -0.1) is 0 Å². The predicted molar refractivity (Wildman–Crippen MR) is 71.5 cm³/mol. The Labute approximate surface area is 101 Å². The molecule has 0 fully saturated rings. The van der Waals surface area contributed by atoms with Gasteiger partial charge in [0, 0.05) is 18.4 Å². The van der Waals surface area contributed by atoms with Gasteiger partial charge in [0.2, 0.25) is 0 Å². The lowest BCUT2D eigenvalue weighted by molar-refractivity contribution is 1.03. The van der Waals surface area contributed by atoms with Crippen LogP contribution in [0.2, 0.25) is 0 Å². The molecule has 1 aliphatic rings. The largest absolute Gasteiger partial charge is 0.322 e. The van der Waals surface area contributed by atoms with Crippen LogP contribution in [-0.2, 0) is 0 Å². The third kappa shape index (κ3) is 1.82. The van der Waals surface area contributed by atoms with E-state index in [4.69, 9.17) is 0 Å². The highest BCUT2D eigenvalue weighted by Gasteiger charge is 2.14. The van der Waals surface area contributed by atoms with Gasteiger partial charge in [-0.05, 0) is 30.2 Å². The van der Waals surface area contributed by atoms with E-state index in [1.807, 2.05) is 6.20 Å². The summed E-state index contributed by atoms with van der Waals surface area (Å²) in [5, 5.41) is 0. The molecule has 84 valence electrons. The zero-order valence-corrected chi connectivity index (χ0v) is 9.80. The van der Waals surface area contributed by atoms with Crippen LogP contribution in [-0.4, -0.2) is 11.5 Å². The second kappa shape index (κ2) is 4.06. The predicted octanol–water partition coefficient (Wildman–Crippen LogP) is 3.55. The van der Waals surface area contributed by atoms with Crippen LogP contribution in [0.4, 0.5) is 11.5 Å². The number of hydrogen-bond acceptors (Lipinski definition) is 2. The van der Waals surface area contributed by atoms with E-state index in [1.54, 1.807) is 0 Å². The summed E-state index contributed by atoms with van der Waals surface area (Å²) >= 11 is 0. The summed E-state index contributed by atoms with van der Waals surface area (Å²) < 4.78 is 0. The molecule has 2 heterocycles. The molecule has 2 aromatic rings. The number of fused-ring (bicyclic) bond motifs is 1. The van der Waals surface area contributed by atoms with Crippen LogP contribution in [0.3, 0.4) is 0 Å². The van der Waals surface area contributed by atoms with Crippen LogP contribution in [0.5, 0.6) is 0 Å². The Balaban J connectivity index is 2.05. The molecular weight excluding hydrogens is 208 g/mol. The number of benzene rings is 1. The third-order valence-electron chi connectivity index (χ3n) is 2.99. The van der Waals surface area contributed by atoms with Crippen molar-refractivity contribution in [3.05, 3.63) is 59.8 Å². The van der Waals surface area contributed by atoms with E-state index >= 15 is 0 Å². The Morgan fingerprint density at radius 3 is 2.82 bits per heavy atom. The Hall–Kier alpha value is -2.09. The smallest absolute Gasteiger partial charge is 0.133 e. The quantitative estimate of drug-likeness (QED) is 0.733. The maximum atomic E-state index is 4.49. The molecule has 0 saturated heterocycles. The Morgan fingerprint density at radius 2 is 2.00 bits per heavy atom. The van der Waals surface area contributed by atoms with E-state index in [0.717, 1.165) is 12.4 Å². The van der Waals surface area contributed by atoms with Crippen molar-refractivity contribution in [3.63, 3.8) is 0 Å². The van der Waals surface area contributed by atoms with Crippen molar-refractivity contribution in [3.8, 4) is 0 Å². The summed E-state index contributed by atoms with van der Waals surface area (Å²) in [6, 6.07) is 12.6. The number of nitrogens with zero attached hydrogens (tertiary/aromatic N) is 2. The first kappa shape index (κ1) is 10.1. The summed E-state index contributed by atoms with van der Waals surface area (Å²) in [5.74, 6) is 1.01. The van der Waals surface area contributed by atoms with Gasteiger partial charge >= 0.3 is 0 Å². The fraction of sp³-hybridized carbons (Fsp3) is 0.133. The molecule has 0 N–H and O–H groups in total. The number of aromatic nitrogens is 1. The van der Waals surface area contributed by atoms with E-state index in [1.165, 1.54) is 16.8 Å². The van der Waals surface area contributed by atoms with Crippen LogP contribution in [0.15, 0.2) is 48.7 Å². The SMILES string of the molecule is Cc1ccc(N2CC=Cc3ccccc32)nc1. The molecule has 0 atom stereocenters. The van der Waals surface area contributed by atoms with Gasteiger partial charge < -0.3 is 4.90 Å². The molecule has 3 rings (SSSR count). The standard InChI is InChI=1S/C15H14N2/c1-12-8-9-15(16-11-12)17-10-4-6-13-5-2-3-7-14(13)17/h2-9,11H,10H2,1H3. The van der Waals surface area contributed by atoms with Crippen molar-refractivity contribution in [1.82, 2.24) is 4.98 Å². The first-order valence-corrected chi connectivity index (χ1v) is 5.80. The van der Waals surface area contributed by atoms with E-state index in [0.29, 0.717) is 0 Å². The zero-order valence-electron chi connectivity index (χ0n) is 9.80. The lowest BCUT2D eigenvalue weighted by Gasteiger charge is -2.27. The average Bonchev–Trinajstić information content (AvgIpc) is 2.39. The lowest BCUT2D eigenvalue weighted by atomic mass is 10.1. The second-order valence-corrected chi connectivity index (χ2v) is 4.27.